The fourth-order valence-corrected chi connectivity index (χ4v) is 1.88. The molecule has 0 radical (unpaired) electrons. The number of carbonyl (C=O) groups excluding carboxylic acids is 2. The Kier molecular flexibility index (Phi) is 5.08. The highest BCUT2D eigenvalue weighted by atomic mass is 16.5. The number of amides is 2. The zero-order valence-electron chi connectivity index (χ0n) is 9.91. The summed E-state index contributed by atoms with van der Waals surface area (Å²) in [6.45, 7) is 2.00. The number of urea groups is 1. The van der Waals surface area contributed by atoms with Crippen LogP contribution in [-0.2, 0) is 9.53 Å². The van der Waals surface area contributed by atoms with Gasteiger partial charge in [0.1, 0.15) is 0 Å². The van der Waals surface area contributed by atoms with Crippen LogP contribution in [0.25, 0.3) is 0 Å². The van der Waals surface area contributed by atoms with Gasteiger partial charge in [-0.1, -0.05) is 12.8 Å². The summed E-state index contributed by atoms with van der Waals surface area (Å²) >= 11 is 0. The summed E-state index contributed by atoms with van der Waals surface area (Å²) in [5, 5.41) is 5.68. The molecule has 92 valence electrons. The van der Waals surface area contributed by atoms with E-state index in [2.05, 4.69) is 15.4 Å². The van der Waals surface area contributed by atoms with E-state index in [-0.39, 0.29) is 24.1 Å². The molecule has 2 atom stereocenters. The summed E-state index contributed by atoms with van der Waals surface area (Å²) in [6, 6.07) is 0.353. The molecule has 5 nitrogen and oxygen atoms in total. The maximum Gasteiger partial charge on any atom is 0.315 e. The summed E-state index contributed by atoms with van der Waals surface area (Å²) in [4.78, 5) is 21.8. The molecule has 1 saturated heterocycles. The molecule has 0 bridgehead atoms. The fraction of sp³-hybridized carbons (Fsp3) is 0.818. The Morgan fingerprint density at radius 1 is 1.31 bits per heavy atom. The largest absolute Gasteiger partial charge is 0.469 e. The maximum atomic E-state index is 11.0. The minimum Gasteiger partial charge on any atom is -0.469 e. The highest BCUT2D eigenvalue weighted by Gasteiger charge is 2.26. The molecule has 0 aromatic heterocycles. The monoisotopic (exact) mass is 228 g/mol. The van der Waals surface area contributed by atoms with E-state index in [1.54, 1.807) is 0 Å². The summed E-state index contributed by atoms with van der Waals surface area (Å²) < 4.78 is 4.56. The SMILES string of the molecule is COC(=O)CCCCC[C@H]1NC(=O)N[C@@H]1C. The lowest BCUT2D eigenvalue weighted by molar-refractivity contribution is -0.140. The van der Waals surface area contributed by atoms with Gasteiger partial charge in [0.2, 0.25) is 0 Å². The molecule has 0 unspecified atom stereocenters. The Morgan fingerprint density at radius 2 is 2.06 bits per heavy atom. The molecule has 1 aliphatic heterocycles. The Labute approximate surface area is 95.9 Å². The van der Waals surface area contributed by atoms with Crippen LogP contribution in [-0.4, -0.2) is 31.2 Å². The molecule has 5 heteroatoms. The minimum atomic E-state index is -0.149. The van der Waals surface area contributed by atoms with Crippen LogP contribution in [0.4, 0.5) is 4.79 Å². The van der Waals surface area contributed by atoms with Crippen LogP contribution >= 0.6 is 0 Å². The Hall–Kier alpha value is -1.26. The van der Waals surface area contributed by atoms with Gasteiger partial charge >= 0.3 is 12.0 Å². The molecule has 1 heterocycles. The Balaban J connectivity index is 2.03. The second-order valence-corrected chi connectivity index (χ2v) is 4.19. The van der Waals surface area contributed by atoms with E-state index in [0.29, 0.717) is 6.42 Å². The molecule has 0 aromatic carbocycles. The first-order valence-corrected chi connectivity index (χ1v) is 5.77. The van der Waals surface area contributed by atoms with Crippen LogP contribution < -0.4 is 10.6 Å². The molecular weight excluding hydrogens is 208 g/mol. The summed E-state index contributed by atoms with van der Waals surface area (Å²) in [5.74, 6) is -0.149. The zero-order chi connectivity index (χ0) is 12.0. The first kappa shape index (κ1) is 12.8. The standard InChI is InChI=1S/C11H20N2O3/c1-8-9(13-11(15)12-8)6-4-3-5-7-10(14)16-2/h8-9H,3-7H2,1-2H3,(H2,12,13,15)/t8-,9-/m1/s1. The van der Waals surface area contributed by atoms with Crippen molar-refractivity contribution in [3.63, 3.8) is 0 Å². The summed E-state index contributed by atoms with van der Waals surface area (Å²) in [7, 11) is 1.41. The van der Waals surface area contributed by atoms with Crippen molar-refractivity contribution in [1.82, 2.24) is 10.6 Å². The first-order valence-electron chi connectivity index (χ1n) is 5.77. The van der Waals surface area contributed by atoms with Crippen molar-refractivity contribution >= 4 is 12.0 Å². The predicted octanol–water partition coefficient (Wildman–Crippen LogP) is 1.18. The Morgan fingerprint density at radius 3 is 2.62 bits per heavy atom. The number of rotatable bonds is 6. The van der Waals surface area contributed by atoms with Crippen LogP contribution in [0.15, 0.2) is 0 Å². The average molecular weight is 228 g/mol. The highest BCUT2D eigenvalue weighted by molar-refractivity contribution is 5.77. The van der Waals surface area contributed by atoms with E-state index in [9.17, 15) is 9.59 Å². The van der Waals surface area contributed by atoms with E-state index in [0.717, 1.165) is 25.7 Å². The van der Waals surface area contributed by atoms with Gasteiger partial charge in [0.05, 0.1) is 13.2 Å². The van der Waals surface area contributed by atoms with Gasteiger partial charge in [-0.3, -0.25) is 4.79 Å². The third kappa shape index (κ3) is 4.08. The molecule has 0 spiro atoms. The Bertz CT molecular complexity index is 256. The van der Waals surface area contributed by atoms with Gasteiger partial charge in [-0.25, -0.2) is 4.79 Å². The van der Waals surface area contributed by atoms with Gasteiger partial charge in [-0.05, 0) is 19.8 Å². The third-order valence-electron chi connectivity index (χ3n) is 2.90. The minimum absolute atomic E-state index is 0.0768. The number of unbranched alkanes of at least 4 members (excludes halogenated alkanes) is 2. The summed E-state index contributed by atoms with van der Waals surface area (Å²) in [5.41, 5.74) is 0. The summed E-state index contributed by atoms with van der Waals surface area (Å²) in [6.07, 6.45) is 4.32. The predicted molar refractivity (Wildman–Crippen MR) is 60.0 cm³/mol. The van der Waals surface area contributed by atoms with Crippen LogP contribution in [0, 0.1) is 0 Å². The first-order chi connectivity index (χ1) is 7.63. The number of carbonyl (C=O) groups is 2. The quantitative estimate of drug-likeness (QED) is 0.530. The number of hydrogen-bond donors (Lipinski definition) is 2. The number of hydrogen-bond acceptors (Lipinski definition) is 3. The van der Waals surface area contributed by atoms with Crippen molar-refractivity contribution in [3.05, 3.63) is 0 Å². The third-order valence-corrected chi connectivity index (χ3v) is 2.90. The van der Waals surface area contributed by atoms with Crippen LogP contribution in [0.2, 0.25) is 0 Å². The molecule has 0 aliphatic carbocycles. The van der Waals surface area contributed by atoms with Crippen LogP contribution in [0.5, 0.6) is 0 Å². The molecule has 2 amide bonds. The molecule has 0 saturated carbocycles. The normalized spacial score (nSPS) is 23.8. The lowest BCUT2D eigenvalue weighted by Crippen LogP contribution is -2.30. The molecular formula is C11H20N2O3. The van der Waals surface area contributed by atoms with Gasteiger partial charge in [0, 0.05) is 12.5 Å². The van der Waals surface area contributed by atoms with E-state index in [1.807, 2.05) is 6.92 Å². The van der Waals surface area contributed by atoms with E-state index in [1.165, 1.54) is 7.11 Å². The maximum absolute atomic E-state index is 11.0. The second kappa shape index (κ2) is 6.35. The smallest absolute Gasteiger partial charge is 0.315 e. The van der Waals surface area contributed by atoms with Gasteiger partial charge in [-0.2, -0.15) is 0 Å². The van der Waals surface area contributed by atoms with Crippen molar-refractivity contribution in [2.45, 2.75) is 51.1 Å². The molecule has 1 aliphatic rings. The molecule has 2 N–H and O–H groups in total. The van der Waals surface area contributed by atoms with Gasteiger partial charge in [0.15, 0.2) is 0 Å². The van der Waals surface area contributed by atoms with Crippen LogP contribution in [0.1, 0.15) is 39.0 Å². The van der Waals surface area contributed by atoms with E-state index >= 15 is 0 Å². The van der Waals surface area contributed by atoms with Gasteiger partial charge in [0.25, 0.3) is 0 Å². The number of methoxy groups -OCH3 is 1. The van der Waals surface area contributed by atoms with Crippen molar-refractivity contribution in [2.75, 3.05) is 7.11 Å². The lowest BCUT2D eigenvalue weighted by Gasteiger charge is -2.13. The van der Waals surface area contributed by atoms with Crippen molar-refractivity contribution in [1.29, 1.82) is 0 Å². The zero-order valence-corrected chi connectivity index (χ0v) is 9.91. The number of nitrogens with one attached hydrogen (secondary N) is 2. The number of ether oxygens (including phenoxy) is 1. The average Bonchev–Trinajstić information content (AvgIpc) is 2.56. The van der Waals surface area contributed by atoms with Gasteiger partial charge in [-0.15, -0.1) is 0 Å². The topological polar surface area (TPSA) is 67.4 Å². The van der Waals surface area contributed by atoms with Crippen molar-refractivity contribution in [2.24, 2.45) is 0 Å². The molecule has 1 fully saturated rings. The number of esters is 1. The van der Waals surface area contributed by atoms with E-state index in [4.69, 9.17) is 0 Å². The molecule has 16 heavy (non-hydrogen) atoms. The lowest BCUT2D eigenvalue weighted by atomic mass is 10.0. The van der Waals surface area contributed by atoms with Gasteiger partial charge < -0.3 is 15.4 Å². The highest BCUT2D eigenvalue weighted by Crippen LogP contribution is 2.11. The molecule has 1 rings (SSSR count). The fourth-order valence-electron chi connectivity index (χ4n) is 1.88. The van der Waals surface area contributed by atoms with Crippen molar-refractivity contribution < 1.29 is 14.3 Å². The van der Waals surface area contributed by atoms with Crippen LogP contribution in [0.3, 0.4) is 0 Å². The van der Waals surface area contributed by atoms with E-state index < -0.39 is 0 Å². The van der Waals surface area contributed by atoms with Crippen molar-refractivity contribution in [3.8, 4) is 0 Å². The molecule has 0 aromatic rings. The second-order valence-electron chi connectivity index (χ2n) is 4.19.